The molecule has 0 amide bonds. The number of rotatable bonds is 4. The number of fused-ring (bicyclic) bond motifs is 1. The van der Waals surface area contributed by atoms with E-state index in [1.54, 1.807) is 0 Å². The van der Waals surface area contributed by atoms with Crippen molar-refractivity contribution in [2.45, 2.75) is 18.6 Å². The first-order valence-corrected chi connectivity index (χ1v) is 6.68. The van der Waals surface area contributed by atoms with Crippen LogP contribution in [0.1, 0.15) is 12.5 Å². The number of aldehydes is 1. The lowest BCUT2D eigenvalue weighted by Crippen LogP contribution is -2.10. The van der Waals surface area contributed by atoms with E-state index in [0.717, 1.165) is 34.4 Å². The van der Waals surface area contributed by atoms with Gasteiger partial charge in [-0.05, 0) is 22.8 Å². The predicted molar refractivity (Wildman–Crippen MR) is 75.8 cm³/mol. The van der Waals surface area contributed by atoms with E-state index in [0.29, 0.717) is 6.42 Å². The third-order valence-electron chi connectivity index (χ3n) is 2.77. The molecular formula is C15H14O2S. The van der Waals surface area contributed by atoms with Gasteiger partial charge >= 0.3 is 0 Å². The van der Waals surface area contributed by atoms with Crippen molar-refractivity contribution in [1.82, 2.24) is 0 Å². The van der Waals surface area contributed by atoms with Gasteiger partial charge in [0.25, 0.3) is 0 Å². The predicted octanol–water partition coefficient (Wildman–Crippen LogP) is 3.23. The van der Waals surface area contributed by atoms with Crippen molar-refractivity contribution in [2.75, 3.05) is 0 Å². The lowest BCUT2D eigenvalue weighted by molar-refractivity contribution is -0.110. The highest BCUT2D eigenvalue weighted by molar-refractivity contribution is 8.14. The fourth-order valence-electron chi connectivity index (χ4n) is 2.02. The molecular weight excluding hydrogens is 244 g/mol. The Balaban J connectivity index is 2.30. The van der Waals surface area contributed by atoms with Crippen molar-refractivity contribution < 1.29 is 9.59 Å². The molecule has 2 nitrogen and oxygen atoms in total. The highest BCUT2D eigenvalue weighted by Gasteiger charge is 2.13. The maximum Gasteiger partial charge on any atom is 0.186 e. The smallest absolute Gasteiger partial charge is 0.186 e. The highest BCUT2D eigenvalue weighted by atomic mass is 32.2. The third-order valence-corrected chi connectivity index (χ3v) is 3.68. The molecule has 0 aromatic heterocycles. The number of hydrogen-bond acceptors (Lipinski definition) is 3. The Kier molecular flexibility index (Phi) is 4.15. The maximum atomic E-state index is 11.1. The lowest BCUT2D eigenvalue weighted by Gasteiger charge is -2.10. The van der Waals surface area contributed by atoms with Gasteiger partial charge in [-0.2, -0.15) is 0 Å². The van der Waals surface area contributed by atoms with Crippen molar-refractivity contribution >= 4 is 33.9 Å². The SMILES string of the molecule is CC(=O)SC(C=O)Cc1cccc2ccccc12. The molecule has 1 unspecified atom stereocenters. The summed E-state index contributed by atoms with van der Waals surface area (Å²) in [4.78, 5) is 22.1. The summed E-state index contributed by atoms with van der Waals surface area (Å²) in [5, 5.41) is 1.99. The van der Waals surface area contributed by atoms with E-state index in [9.17, 15) is 9.59 Å². The van der Waals surface area contributed by atoms with Crippen molar-refractivity contribution in [3.63, 3.8) is 0 Å². The van der Waals surface area contributed by atoms with E-state index >= 15 is 0 Å². The van der Waals surface area contributed by atoms with Crippen LogP contribution in [0.4, 0.5) is 0 Å². The van der Waals surface area contributed by atoms with Crippen molar-refractivity contribution in [3.8, 4) is 0 Å². The van der Waals surface area contributed by atoms with Gasteiger partial charge in [0.1, 0.15) is 6.29 Å². The quantitative estimate of drug-likeness (QED) is 0.790. The van der Waals surface area contributed by atoms with Crippen molar-refractivity contribution in [3.05, 3.63) is 48.0 Å². The molecule has 0 aliphatic heterocycles. The van der Waals surface area contributed by atoms with Crippen molar-refractivity contribution in [1.29, 1.82) is 0 Å². The lowest BCUT2D eigenvalue weighted by atomic mass is 10.0. The summed E-state index contributed by atoms with van der Waals surface area (Å²) in [6, 6.07) is 14.1. The van der Waals surface area contributed by atoms with Crippen LogP contribution in [-0.2, 0) is 16.0 Å². The largest absolute Gasteiger partial charge is 0.302 e. The first-order chi connectivity index (χ1) is 8.70. The maximum absolute atomic E-state index is 11.1. The average molecular weight is 258 g/mol. The van der Waals surface area contributed by atoms with Gasteiger partial charge in [-0.25, -0.2) is 0 Å². The summed E-state index contributed by atoms with van der Waals surface area (Å²) in [6.07, 6.45) is 1.45. The molecule has 2 rings (SSSR count). The first kappa shape index (κ1) is 12.8. The van der Waals surface area contributed by atoms with E-state index in [4.69, 9.17) is 0 Å². The van der Waals surface area contributed by atoms with Gasteiger partial charge in [-0.3, -0.25) is 4.79 Å². The molecule has 2 aromatic rings. The first-order valence-electron chi connectivity index (χ1n) is 5.80. The molecule has 0 bridgehead atoms. The number of hydrogen-bond donors (Lipinski definition) is 0. The molecule has 0 aliphatic rings. The molecule has 0 aliphatic carbocycles. The summed E-state index contributed by atoms with van der Waals surface area (Å²) >= 11 is 1.10. The van der Waals surface area contributed by atoms with Crippen LogP contribution in [0.3, 0.4) is 0 Å². The third kappa shape index (κ3) is 2.99. The summed E-state index contributed by atoms with van der Waals surface area (Å²) in [5.41, 5.74) is 1.11. The van der Waals surface area contributed by atoms with Crippen LogP contribution in [-0.4, -0.2) is 16.7 Å². The number of carbonyl (C=O) groups excluding carboxylic acids is 2. The van der Waals surface area contributed by atoms with E-state index in [2.05, 4.69) is 0 Å². The number of carbonyl (C=O) groups is 2. The zero-order valence-electron chi connectivity index (χ0n) is 10.1. The monoisotopic (exact) mass is 258 g/mol. The van der Waals surface area contributed by atoms with Gasteiger partial charge in [-0.15, -0.1) is 0 Å². The second kappa shape index (κ2) is 5.83. The fourth-order valence-corrected chi connectivity index (χ4v) is 2.76. The van der Waals surface area contributed by atoms with E-state index in [1.807, 2.05) is 42.5 Å². The Morgan fingerprint density at radius 1 is 1.22 bits per heavy atom. The summed E-state index contributed by atoms with van der Waals surface area (Å²) in [7, 11) is 0. The van der Waals surface area contributed by atoms with Gasteiger partial charge in [0.05, 0.1) is 5.25 Å². The summed E-state index contributed by atoms with van der Waals surface area (Å²) in [5.74, 6) is 0. The molecule has 0 saturated heterocycles. The molecule has 0 fully saturated rings. The van der Waals surface area contributed by atoms with E-state index < -0.39 is 0 Å². The van der Waals surface area contributed by atoms with E-state index in [1.165, 1.54) is 6.92 Å². The molecule has 3 heteroatoms. The zero-order chi connectivity index (χ0) is 13.0. The number of benzene rings is 2. The van der Waals surface area contributed by atoms with Crippen LogP contribution in [0, 0.1) is 0 Å². The Morgan fingerprint density at radius 2 is 1.94 bits per heavy atom. The molecule has 0 N–H and O–H groups in total. The minimum atomic E-state index is -0.298. The Labute approximate surface area is 110 Å². The topological polar surface area (TPSA) is 34.1 Å². The second-order valence-corrected chi connectivity index (χ2v) is 5.54. The Hall–Kier alpha value is -1.61. The molecule has 0 radical (unpaired) electrons. The van der Waals surface area contributed by atoms with E-state index in [-0.39, 0.29) is 10.4 Å². The molecule has 1 atom stereocenters. The van der Waals surface area contributed by atoms with Gasteiger partial charge < -0.3 is 4.79 Å². The highest BCUT2D eigenvalue weighted by Crippen LogP contribution is 2.23. The molecule has 0 saturated carbocycles. The Morgan fingerprint density at radius 3 is 2.67 bits per heavy atom. The van der Waals surface area contributed by atoms with Gasteiger partial charge in [0.15, 0.2) is 5.12 Å². The van der Waals surface area contributed by atoms with Crippen LogP contribution in [0.5, 0.6) is 0 Å². The van der Waals surface area contributed by atoms with Gasteiger partial charge in [0, 0.05) is 6.92 Å². The van der Waals surface area contributed by atoms with Crippen LogP contribution < -0.4 is 0 Å². The minimum absolute atomic E-state index is 0.0210. The average Bonchev–Trinajstić information content (AvgIpc) is 2.38. The van der Waals surface area contributed by atoms with Gasteiger partial charge in [0.2, 0.25) is 0 Å². The zero-order valence-corrected chi connectivity index (χ0v) is 10.9. The van der Waals surface area contributed by atoms with Crippen molar-refractivity contribution in [2.24, 2.45) is 0 Å². The molecule has 92 valence electrons. The van der Waals surface area contributed by atoms with Crippen LogP contribution in [0.2, 0.25) is 0 Å². The minimum Gasteiger partial charge on any atom is -0.302 e. The summed E-state index contributed by atoms with van der Waals surface area (Å²) in [6.45, 7) is 1.49. The standard InChI is InChI=1S/C15H14O2S/c1-11(17)18-14(10-16)9-13-7-4-6-12-5-2-3-8-15(12)13/h2-8,10,14H,9H2,1H3. The molecule has 18 heavy (non-hydrogen) atoms. The summed E-state index contributed by atoms with van der Waals surface area (Å²) < 4.78 is 0. The normalized spacial score (nSPS) is 12.3. The van der Waals surface area contributed by atoms with Crippen LogP contribution in [0.25, 0.3) is 10.8 Å². The van der Waals surface area contributed by atoms with Gasteiger partial charge in [-0.1, -0.05) is 54.2 Å². The Bertz CT molecular complexity index is 572. The molecule has 2 aromatic carbocycles. The fraction of sp³-hybridized carbons (Fsp3) is 0.200. The van der Waals surface area contributed by atoms with Crippen LogP contribution in [0.15, 0.2) is 42.5 Å². The van der Waals surface area contributed by atoms with Crippen LogP contribution >= 0.6 is 11.8 Å². The number of thioether (sulfide) groups is 1. The molecule has 0 heterocycles. The molecule has 0 spiro atoms. The second-order valence-electron chi connectivity index (χ2n) is 4.13.